The molecule has 1 aromatic carbocycles. The molecule has 0 fully saturated rings. The van der Waals surface area contributed by atoms with Crippen molar-refractivity contribution in [1.82, 2.24) is 4.98 Å². The van der Waals surface area contributed by atoms with Crippen LogP contribution in [-0.2, 0) is 6.61 Å². The standard InChI is InChI=1S/C13H10BrNO4/c14-10-4-9(13(17)18)11(16)5-12(10)19-7-8-2-1-3-15-6-8/h1-6,16H,7H2,(H,17,18). The van der Waals surface area contributed by atoms with E-state index in [0.717, 1.165) is 5.56 Å². The number of carboxylic acid groups (broad SMARTS) is 1. The monoisotopic (exact) mass is 323 g/mol. The highest BCUT2D eigenvalue weighted by Gasteiger charge is 2.14. The minimum Gasteiger partial charge on any atom is -0.507 e. The molecule has 2 rings (SSSR count). The number of aromatic carboxylic acids is 1. The molecule has 0 saturated carbocycles. The van der Waals surface area contributed by atoms with E-state index in [1.54, 1.807) is 18.5 Å². The third-order valence-corrected chi connectivity index (χ3v) is 3.02. The second kappa shape index (κ2) is 5.71. The number of hydrogen-bond donors (Lipinski definition) is 2. The van der Waals surface area contributed by atoms with Crippen molar-refractivity contribution in [2.24, 2.45) is 0 Å². The number of aromatic hydroxyl groups is 1. The number of carboxylic acids is 1. The van der Waals surface area contributed by atoms with Gasteiger partial charge in [-0.15, -0.1) is 0 Å². The van der Waals surface area contributed by atoms with E-state index >= 15 is 0 Å². The molecular formula is C13H10BrNO4. The molecule has 98 valence electrons. The number of nitrogens with zero attached hydrogens (tertiary/aromatic N) is 1. The quantitative estimate of drug-likeness (QED) is 0.904. The average molecular weight is 324 g/mol. The minimum absolute atomic E-state index is 0.180. The molecule has 2 N–H and O–H groups in total. The van der Waals surface area contributed by atoms with Crippen molar-refractivity contribution in [3.63, 3.8) is 0 Å². The van der Waals surface area contributed by atoms with Crippen molar-refractivity contribution < 1.29 is 19.7 Å². The maximum atomic E-state index is 10.8. The molecule has 0 aliphatic heterocycles. The molecule has 6 heteroatoms. The molecule has 1 heterocycles. The summed E-state index contributed by atoms with van der Waals surface area (Å²) >= 11 is 3.21. The third-order valence-electron chi connectivity index (χ3n) is 2.40. The fraction of sp³-hybridized carbons (Fsp3) is 0.0769. The molecule has 1 aromatic heterocycles. The van der Waals surface area contributed by atoms with Gasteiger partial charge < -0.3 is 14.9 Å². The molecule has 0 bridgehead atoms. The molecule has 0 aliphatic carbocycles. The molecule has 5 nitrogen and oxygen atoms in total. The van der Waals surface area contributed by atoms with Crippen LogP contribution < -0.4 is 4.74 Å². The summed E-state index contributed by atoms with van der Waals surface area (Å²) < 4.78 is 5.96. The summed E-state index contributed by atoms with van der Waals surface area (Å²) in [5.74, 6) is -1.17. The second-order valence-corrected chi connectivity index (χ2v) is 4.61. The van der Waals surface area contributed by atoms with Crippen LogP contribution in [0.15, 0.2) is 41.1 Å². The fourth-order valence-electron chi connectivity index (χ4n) is 1.47. The lowest BCUT2D eigenvalue weighted by atomic mass is 10.2. The van der Waals surface area contributed by atoms with E-state index in [9.17, 15) is 9.90 Å². The van der Waals surface area contributed by atoms with Crippen molar-refractivity contribution >= 4 is 21.9 Å². The second-order valence-electron chi connectivity index (χ2n) is 3.75. The topological polar surface area (TPSA) is 79.7 Å². The van der Waals surface area contributed by atoms with Gasteiger partial charge in [0.2, 0.25) is 0 Å². The first kappa shape index (κ1) is 13.4. The van der Waals surface area contributed by atoms with Gasteiger partial charge in [0.05, 0.1) is 4.47 Å². The Labute approximate surface area is 117 Å². The molecule has 2 aromatic rings. The lowest BCUT2D eigenvalue weighted by Gasteiger charge is -2.10. The number of phenols is 1. The van der Waals surface area contributed by atoms with Crippen LogP contribution in [0.25, 0.3) is 0 Å². The number of aromatic nitrogens is 1. The Kier molecular flexibility index (Phi) is 4.01. The number of ether oxygens (including phenoxy) is 1. The van der Waals surface area contributed by atoms with Crippen molar-refractivity contribution in [1.29, 1.82) is 0 Å². The smallest absolute Gasteiger partial charge is 0.339 e. The number of pyridine rings is 1. The van der Waals surface area contributed by atoms with Gasteiger partial charge in [-0.05, 0) is 28.1 Å². The van der Waals surface area contributed by atoms with E-state index in [1.165, 1.54) is 12.1 Å². The fourth-order valence-corrected chi connectivity index (χ4v) is 1.93. The van der Waals surface area contributed by atoms with Gasteiger partial charge in [-0.25, -0.2) is 4.79 Å². The molecule has 0 saturated heterocycles. The van der Waals surface area contributed by atoms with Crippen LogP contribution in [0.2, 0.25) is 0 Å². The number of carbonyl (C=O) groups is 1. The molecule has 0 radical (unpaired) electrons. The van der Waals surface area contributed by atoms with Gasteiger partial charge in [0.1, 0.15) is 23.7 Å². The van der Waals surface area contributed by atoms with Crippen molar-refractivity contribution in [3.05, 3.63) is 52.3 Å². The normalized spacial score (nSPS) is 10.2. The number of benzene rings is 1. The number of rotatable bonds is 4. The van der Waals surface area contributed by atoms with E-state index in [-0.39, 0.29) is 17.9 Å². The highest BCUT2D eigenvalue weighted by atomic mass is 79.9. The van der Waals surface area contributed by atoms with Crippen molar-refractivity contribution in [3.8, 4) is 11.5 Å². The molecule has 0 aliphatic rings. The van der Waals surface area contributed by atoms with E-state index in [0.29, 0.717) is 10.2 Å². The molecule has 0 spiro atoms. The zero-order valence-electron chi connectivity index (χ0n) is 9.71. The number of hydrogen-bond acceptors (Lipinski definition) is 4. The Bertz CT molecular complexity index is 601. The highest BCUT2D eigenvalue weighted by molar-refractivity contribution is 9.10. The molecule has 0 amide bonds. The predicted octanol–water partition coefficient (Wildman–Crippen LogP) is 2.83. The van der Waals surface area contributed by atoms with Crippen LogP contribution in [0.4, 0.5) is 0 Å². The predicted molar refractivity (Wildman–Crippen MR) is 71.3 cm³/mol. The van der Waals surface area contributed by atoms with Gasteiger partial charge in [0.25, 0.3) is 0 Å². The van der Waals surface area contributed by atoms with Crippen LogP contribution in [0.5, 0.6) is 11.5 Å². The summed E-state index contributed by atoms with van der Waals surface area (Å²) in [6.07, 6.45) is 3.33. The summed E-state index contributed by atoms with van der Waals surface area (Å²) in [6.45, 7) is 0.276. The zero-order chi connectivity index (χ0) is 13.8. The van der Waals surface area contributed by atoms with E-state index in [1.807, 2.05) is 6.07 Å². The molecule has 0 unspecified atom stereocenters. The van der Waals surface area contributed by atoms with Crippen LogP contribution in [0.1, 0.15) is 15.9 Å². The maximum Gasteiger partial charge on any atom is 0.339 e. The Morgan fingerprint density at radius 1 is 1.42 bits per heavy atom. The summed E-state index contributed by atoms with van der Waals surface area (Å²) in [4.78, 5) is 14.8. The minimum atomic E-state index is -1.20. The Morgan fingerprint density at radius 3 is 2.84 bits per heavy atom. The van der Waals surface area contributed by atoms with Gasteiger partial charge in [0.15, 0.2) is 0 Å². The molecule has 0 atom stereocenters. The van der Waals surface area contributed by atoms with E-state index in [2.05, 4.69) is 20.9 Å². The number of halogens is 1. The van der Waals surface area contributed by atoms with Gasteiger partial charge in [-0.3, -0.25) is 4.98 Å². The summed E-state index contributed by atoms with van der Waals surface area (Å²) in [6, 6.07) is 6.21. The summed E-state index contributed by atoms with van der Waals surface area (Å²) in [5, 5.41) is 18.4. The summed E-state index contributed by atoms with van der Waals surface area (Å²) in [5.41, 5.74) is 0.691. The van der Waals surface area contributed by atoms with E-state index in [4.69, 9.17) is 9.84 Å². The SMILES string of the molecule is O=C(O)c1cc(Br)c(OCc2cccnc2)cc1O. The summed E-state index contributed by atoms with van der Waals surface area (Å²) in [7, 11) is 0. The van der Waals surface area contributed by atoms with Crippen LogP contribution in [-0.4, -0.2) is 21.2 Å². The first-order valence-electron chi connectivity index (χ1n) is 5.35. The highest BCUT2D eigenvalue weighted by Crippen LogP contribution is 2.32. The Morgan fingerprint density at radius 2 is 2.21 bits per heavy atom. The van der Waals surface area contributed by atoms with Gasteiger partial charge >= 0.3 is 5.97 Å². The molecule has 19 heavy (non-hydrogen) atoms. The van der Waals surface area contributed by atoms with Crippen molar-refractivity contribution in [2.45, 2.75) is 6.61 Å². The average Bonchev–Trinajstić information content (AvgIpc) is 2.40. The lowest BCUT2D eigenvalue weighted by molar-refractivity contribution is 0.0693. The van der Waals surface area contributed by atoms with Gasteiger partial charge in [-0.1, -0.05) is 6.07 Å². The lowest BCUT2D eigenvalue weighted by Crippen LogP contribution is -2.00. The van der Waals surface area contributed by atoms with Gasteiger partial charge in [0, 0.05) is 24.0 Å². The maximum absolute atomic E-state index is 10.8. The van der Waals surface area contributed by atoms with Crippen LogP contribution in [0, 0.1) is 0 Å². The van der Waals surface area contributed by atoms with Gasteiger partial charge in [-0.2, -0.15) is 0 Å². The van der Waals surface area contributed by atoms with E-state index < -0.39 is 5.97 Å². The largest absolute Gasteiger partial charge is 0.507 e. The molecular weight excluding hydrogens is 314 g/mol. The van der Waals surface area contributed by atoms with Crippen LogP contribution >= 0.6 is 15.9 Å². The van der Waals surface area contributed by atoms with Crippen LogP contribution in [0.3, 0.4) is 0 Å². The first-order valence-corrected chi connectivity index (χ1v) is 6.14. The third kappa shape index (κ3) is 3.23. The first-order chi connectivity index (χ1) is 9.08. The zero-order valence-corrected chi connectivity index (χ0v) is 11.3. The Hall–Kier alpha value is -2.08. The Balaban J connectivity index is 2.17. The van der Waals surface area contributed by atoms with Crippen molar-refractivity contribution in [2.75, 3.05) is 0 Å².